The molecule has 0 heterocycles. The van der Waals surface area contributed by atoms with Gasteiger partial charge in [-0.2, -0.15) is 0 Å². The molecule has 0 unspecified atom stereocenters. The van der Waals surface area contributed by atoms with Gasteiger partial charge in [-0.15, -0.1) is 0 Å². The fourth-order valence-electron chi connectivity index (χ4n) is 2.00. The SMILES string of the molecule is CN(Cc1cccc(N)c1)Cc1ccc(Cl)cc1Cl. The molecule has 0 aliphatic heterocycles. The third-order valence-corrected chi connectivity index (χ3v) is 3.45. The van der Waals surface area contributed by atoms with Crippen LogP contribution in [0.3, 0.4) is 0 Å². The summed E-state index contributed by atoms with van der Waals surface area (Å²) in [4.78, 5) is 2.18. The first kappa shape index (κ1) is 14.2. The van der Waals surface area contributed by atoms with Gasteiger partial charge in [0.15, 0.2) is 0 Å². The van der Waals surface area contributed by atoms with Crippen molar-refractivity contribution in [1.82, 2.24) is 4.90 Å². The van der Waals surface area contributed by atoms with E-state index in [0.717, 1.165) is 24.3 Å². The molecule has 0 atom stereocenters. The summed E-state index contributed by atoms with van der Waals surface area (Å²) in [7, 11) is 2.05. The topological polar surface area (TPSA) is 29.3 Å². The number of benzene rings is 2. The number of anilines is 1. The van der Waals surface area contributed by atoms with Crippen LogP contribution in [0.5, 0.6) is 0 Å². The second-order valence-corrected chi connectivity index (χ2v) is 5.50. The Kier molecular flexibility index (Phi) is 4.70. The number of rotatable bonds is 4. The van der Waals surface area contributed by atoms with Gasteiger partial charge in [0.2, 0.25) is 0 Å². The Morgan fingerprint density at radius 2 is 1.84 bits per heavy atom. The van der Waals surface area contributed by atoms with Gasteiger partial charge in [0.1, 0.15) is 0 Å². The summed E-state index contributed by atoms with van der Waals surface area (Å²) in [6.07, 6.45) is 0. The van der Waals surface area contributed by atoms with E-state index in [9.17, 15) is 0 Å². The van der Waals surface area contributed by atoms with Gasteiger partial charge < -0.3 is 5.73 Å². The van der Waals surface area contributed by atoms with Crippen molar-refractivity contribution in [3.05, 3.63) is 63.6 Å². The quantitative estimate of drug-likeness (QED) is 0.856. The second-order valence-electron chi connectivity index (χ2n) is 4.65. The summed E-state index contributed by atoms with van der Waals surface area (Å²) >= 11 is 12.1. The zero-order chi connectivity index (χ0) is 13.8. The maximum absolute atomic E-state index is 6.17. The third kappa shape index (κ3) is 4.13. The number of nitrogen functional groups attached to an aromatic ring is 1. The molecule has 0 saturated heterocycles. The number of nitrogens with two attached hydrogens (primary N) is 1. The van der Waals surface area contributed by atoms with Crippen LogP contribution in [0.25, 0.3) is 0 Å². The van der Waals surface area contributed by atoms with Crippen molar-refractivity contribution in [3.63, 3.8) is 0 Å². The predicted octanol–water partition coefficient (Wildman–Crippen LogP) is 4.21. The molecule has 0 amide bonds. The van der Waals surface area contributed by atoms with Gasteiger partial charge in [0, 0.05) is 28.8 Å². The van der Waals surface area contributed by atoms with Gasteiger partial charge in [-0.05, 0) is 42.4 Å². The highest BCUT2D eigenvalue weighted by atomic mass is 35.5. The molecule has 0 bridgehead atoms. The summed E-state index contributed by atoms with van der Waals surface area (Å²) in [6, 6.07) is 13.5. The van der Waals surface area contributed by atoms with Gasteiger partial charge in [0.05, 0.1) is 0 Å². The summed E-state index contributed by atoms with van der Waals surface area (Å²) in [5, 5.41) is 1.36. The summed E-state index contributed by atoms with van der Waals surface area (Å²) in [5.74, 6) is 0. The van der Waals surface area contributed by atoms with Crippen LogP contribution in [0, 0.1) is 0 Å². The molecule has 2 rings (SSSR count). The van der Waals surface area contributed by atoms with E-state index in [1.807, 2.05) is 37.4 Å². The lowest BCUT2D eigenvalue weighted by Gasteiger charge is -2.18. The Morgan fingerprint density at radius 1 is 1.05 bits per heavy atom. The van der Waals surface area contributed by atoms with E-state index in [-0.39, 0.29) is 0 Å². The van der Waals surface area contributed by atoms with Gasteiger partial charge in [0.25, 0.3) is 0 Å². The van der Waals surface area contributed by atoms with Crippen LogP contribution in [-0.2, 0) is 13.1 Å². The Labute approximate surface area is 123 Å². The first-order valence-corrected chi connectivity index (χ1v) is 6.77. The number of hydrogen-bond acceptors (Lipinski definition) is 2. The molecule has 4 heteroatoms. The number of hydrogen-bond donors (Lipinski definition) is 1. The highest BCUT2D eigenvalue weighted by Crippen LogP contribution is 2.22. The highest BCUT2D eigenvalue weighted by Gasteiger charge is 2.06. The van der Waals surface area contributed by atoms with Crippen LogP contribution in [-0.4, -0.2) is 11.9 Å². The van der Waals surface area contributed by atoms with E-state index in [4.69, 9.17) is 28.9 Å². The highest BCUT2D eigenvalue weighted by molar-refractivity contribution is 6.35. The molecule has 0 fully saturated rings. The number of halogens is 2. The van der Waals surface area contributed by atoms with Gasteiger partial charge in [-0.25, -0.2) is 0 Å². The molecule has 100 valence electrons. The Hall–Kier alpha value is -1.22. The lowest BCUT2D eigenvalue weighted by molar-refractivity contribution is 0.319. The molecule has 2 aromatic rings. The third-order valence-electron chi connectivity index (χ3n) is 2.86. The monoisotopic (exact) mass is 294 g/mol. The standard InChI is InChI=1S/C15H16Cl2N2/c1-19(9-11-3-2-4-14(18)7-11)10-12-5-6-13(16)8-15(12)17/h2-8H,9-10,18H2,1H3. The van der Waals surface area contributed by atoms with E-state index in [0.29, 0.717) is 10.0 Å². The molecule has 19 heavy (non-hydrogen) atoms. The lowest BCUT2D eigenvalue weighted by Crippen LogP contribution is -2.17. The molecule has 2 N–H and O–H groups in total. The van der Waals surface area contributed by atoms with Crippen molar-refractivity contribution in [1.29, 1.82) is 0 Å². The van der Waals surface area contributed by atoms with Crippen molar-refractivity contribution < 1.29 is 0 Å². The van der Waals surface area contributed by atoms with E-state index in [1.165, 1.54) is 5.56 Å². The Balaban J connectivity index is 2.03. The molecule has 2 nitrogen and oxygen atoms in total. The van der Waals surface area contributed by atoms with Crippen molar-refractivity contribution in [2.24, 2.45) is 0 Å². The molecular weight excluding hydrogens is 279 g/mol. The molecular formula is C15H16Cl2N2. The minimum Gasteiger partial charge on any atom is -0.399 e. The fraction of sp³-hybridized carbons (Fsp3) is 0.200. The van der Waals surface area contributed by atoms with Crippen molar-refractivity contribution in [2.45, 2.75) is 13.1 Å². The van der Waals surface area contributed by atoms with Gasteiger partial charge in [-0.1, -0.05) is 41.4 Å². The zero-order valence-electron chi connectivity index (χ0n) is 10.7. The minimum absolute atomic E-state index is 0.659. The Bertz CT molecular complexity index is 570. The van der Waals surface area contributed by atoms with Crippen molar-refractivity contribution in [3.8, 4) is 0 Å². The van der Waals surface area contributed by atoms with Crippen LogP contribution in [0.1, 0.15) is 11.1 Å². The molecule has 0 aliphatic carbocycles. The first-order valence-electron chi connectivity index (χ1n) is 6.01. The molecule has 0 aliphatic rings. The van der Waals surface area contributed by atoms with Crippen LogP contribution in [0.2, 0.25) is 10.0 Å². The minimum atomic E-state index is 0.659. The summed E-state index contributed by atoms with van der Waals surface area (Å²) in [6.45, 7) is 1.59. The second kappa shape index (κ2) is 6.29. The predicted molar refractivity (Wildman–Crippen MR) is 82.5 cm³/mol. The lowest BCUT2D eigenvalue weighted by atomic mass is 10.1. The van der Waals surface area contributed by atoms with E-state index < -0.39 is 0 Å². The molecule has 0 saturated carbocycles. The first-order chi connectivity index (χ1) is 9.04. The largest absolute Gasteiger partial charge is 0.399 e. The summed E-state index contributed by atoms with van der Waals surface area (Å²) in [5.41, 5.74) is 8.82. The maximum Gasteiger partial charge on any atom is 0.0465 e. The maximum atomic E-state index is 6.17. The fourth-order valence-corrected chi connectivity index (χ4v) is 2.47. The van der Waals surface area contributed by atoms with Crippen LogP contribution in [0.4, 0.5) is 5.69 Å². The molecule has 0 spiro atoms. The normalized spacial score (nSPS) is 10.9. The molecule has 0 aromatic heterocycles. The smallest absolute Gasteiger partial charge is 0.0465 e. The van der Waals surface area contributed by atoms with Crippen molar-refractivity contribution in [2.75, 3.05) is 12.8 Å². The summed E-state index contributed by atoms with van der Waals surface area (Å²) < 4.78 is 0. The van der Waals surface area contributed by atoms with E-state index >= 15 is 0 Å². The van der Waals surface area contributed by atoms with E-state index in [1.54, 1.807) is 6.07 Å². The van der Waals surface area contributed by atoms with Crippen LogP contribution < -0.4 is 5.73 Å². The molecule has 2 aromatic carbocycles. The number of nitrogens with zero attached hydrogens (tertiary/aromatic N) is 1. The van der Waals surface area contributed by atoms with E-state index in [2.05, 4.69) is 11.0 Å². The molecule has 0 radical (unpaired) electrons. The van der Waals surface area contributed by atoms with Gasteiger partial charge in [-0.3, -0.25) is 4.90 Å². The van der Waals surface area contributed by atoms with Crippen LogP contribution >= 0.6 is 23.2 Å². The van der Waals surface area contributed by atoms with Gasteiger partial charge >= 0.3 is 0 Å². The van der Waals surface area contributed by atoms with Crippen molar-refractivity contribution >= 4 is 28.9 Å². The zero-order valence-corrected chi connectivity index (χ0v) is 12.2. The Morgan fingerprint density at radius 3 is 2.53 bits per heavy atom. The average molecular weight is 295 g/mol. The van der Waals surface area contributed by atoms with Crippen LogP contribution in [0.15, 0.2) is 42.5 Å². The average Bonchev–Trinajstić information content (AvgIpc) is 2.33.